The molecule has 0 spiro atoms. The second kappa shape index (κ2) is 8.76. The van der Waals surface area contributed by atoms with Gasteiger partial charge in [0, 0.05) is 17.5 Å². The highest BCUT2D eigenvalue weighted by atomic mass is 35.5. The maximum atomic E-state index is 13.1. The van der Waals surface area contributed by atoms with Crippen molar-refractivity contribution in [1.82, 2.24) is 4.98 Å². The van der Waals surface area contributed by atoms with Crippen molar-refractivity contribution in [2.24, 2.45) is 10.2 Å². The van der Waals surface area contributed by atoms with E-state index in [1.807, 2.05) is 19.9 Å². The molecule has 12 heteroatoms. The molecule has 0 aliphatic rings. The van der Waals surface area contributed by atoms with Gasteiger partial charge in [-0.3, -0.25) is 14.8 Å². The van der Waals surface area contributed by atoms with Crippen molar-refractivity contribution in [2.75, 3.05) is 4.72 Å². The van der Waals surface area contributed by atoms with E-state index in [-0.39, 0.29) is 28.0 Å². The molecule has 3 N–H and O–H groups in total. The van der Waals surface area contributed by atoms with Crippen LogP contribution in [0.1, 0.15) is 11.1 Å². The number of sulfonamides is 1. The summed E-state index contributed by atoms with van der Waals surface area (Å²) in [6, 6.07) is 13.0. The molecule has 1 aromatic heterocycles. The molecule has 0 radical (unpaired) electrons. The third kappa shape index (κ3) is 4.30. The first-order valence-corrected chi connectivity index (χ1v) is 11.7. The molecular formula is C22H18ClN5O5S. The Balaban J connectivity index is 1.82. The number of anilines is 1. The molecule has 0 unspecified atom stereocenters. The highest BCUT2D eigenvalue weighted by Crippen LogP contribution is 2.39. The summed E-state index contributed by atoms with van der Waals surface area (Å²) >= 11 is 6.06. The lowest BCUT2D eigenvalue weighted by Crippen LogP contribution is -2.13. The number of halogens is 1. The van der Waals surface area contributed by atoms with Crippen molar-refractivity contribution >= 4 is 55.3 Å². The topological polar surface area (TPSA) is 150 Å². The zero-order chi connectivity index (χ0) is 24.6. The Labute approximate surface area is 199 Å². The van der Waals surface area contributed by atoms with Crippen LogP contribution in [-0.4, -0.2) is 23.4 Å². The third-order valence-corrected chi connectivity index (χ3v) is 7.00. The molecule has 0 atom stereocenters. The van der Waals surface area contributed by atoms with Crippen molar-refractivity contribution in [3.63, 3.8) is 0 Å². The minimum atomic E-state index is -4.34. The molecule has 0 amide bonds. The van der Waals surface area contributed by atoms with Gasteiger partial charge < -0.3 is 10.1 Å². The van der Waals surface area contributed by atoms with Gasteiger partial charge >= 0.3 is 0 Å². The van der Waals surface area contributed by atoms with Crippen LogP contribution in [0.25, 0.3) is 10.9 Å². The third-order valence-electron chi connectivity index (χ3n) is 5.28. The smallest absolute Gasteiger partial charge is 0.270 e. The molecule has 0 aliphatic heterocycles. The van der Waals surface area contributed by atoms with Gasteiger partial charge in [0.2, 0.25) is 5.88 Å². The summed E-state index contributed by atoms with van der Waals surface area (Å²) < 4.78 is 28.6. The average Bonchev–Trinajstić information content (AvgIpc) is 3.12. The molecule has 1 heterocycles. The number of nitro groups is 1. The number of azo groups is 1. The average molecular weight is 500 g/mol. The maximum absolute atomic E-state index is 13.1. The second-order valence-electron chi connectivity index (χ2n) is 7.45. The number of benzene rings is 3. The number of nitrogens with zero attached hydrogens (tertiary/aromatic N) is 3. The molecule has 0 fully saturated rings. The van der Waals surface area contributed by atoms with Gasteiger partial charge in [0.1, 0.15) is 10.6 Å². The number of para-hydroxylation sites is 1. The molecule has 4 aromatic rings. The van der Waals surface area contributed by atoms with Crippen LogP contribution >= 0.6 is 11.6 Å². The molecule has 174 valence electrons. The lowest BCUT2D eigenvalue weighted by atomic mass is 10.1. The molecule has 0 aliphatic carbocycles. The van der Waals surface area contributed by atoms with Gasteiger partial charge in [-0.1, -0.05) is 35.9 Å². The lowest BCUT2D eigenvalue weighted by molar-refractivity contribution is -0.385. The fourth-order valence-corrected chi connectivity index (χ4v) is 4.82. The number of hydrogen-bond donors (Lipinski definition) is 3. The van der Waals surface area contributed by atoms with Crippen molar-refractivity contribution in [2.45, 2.75) is 18.7 Å². The maximum Gasteiger partial charge on any atom is 0.270 e. The Kier molecular flexibility index (Phi) is 5.98. The van der Waals surface area contributed by atoms with E-state index in [1.54, 1.807) is 18.2 Å². The summed E-state index contributed by atoms with van der Waals surface area (Å²) in [6.45, 7) is 3.81. The molecule has 0 saturated heterocycles. The van der Waals surface area contributed by atoms with Crippen molar-refractivity contribution in [1.29, 1.82) is 0 Å². The van der Waals surface area contributed by atoms with Gasteiger partial charge in [-0.05, 0) is 43.2 Å². The van der Waals surface area contributed by atoms with Gasteiger partial charge in [-0.15, -0.1) is 10.2 Å². The van der Waals surface area contributed by atoms with Crippen LogP contribution in [0.4, 0.5) is 22.7 Å². The van der Waals surface area contributed by atoms with E-state index in [1.165, 1.54) is 18.2 Å². The lowest BCUT2D eigenvalue weighted by Gasteiger charge is -2.11. The van der Waals surface area contributed by atoms with E-state index in [0.29, 0.717) is 10.9 Å². The van der Waals surface area contributed by atoms with Crippen molar-refractivity contribution < 1.29 is 18.4 Å². The first-order valence-electron chi connectivity index (χ1n) is 9.87. The largest absolute Gasteiger partial charge is 0.493 e. The number of aromatic hydroxyl groups is 1. The number of rotatable bonds is 6. The van der Waals surface area contributed by atoms with Crippen LogP contribution in [0.5, 0.6) is 5.88 Å². The number of nitrogens with one attached hydrogen (secondary N) is 2. The summed E-state index contributed by atoms with van der Waals surface area (Å²) in [6.07, 6.45) is 0. The highest BCUT2D eigenvalue weighted by Gasteiger charge is 2.24. The summed E-state index contributed by atoms with van der Waals surface area (Å²) in [5.41, 5.74) is 2.19. The minimum Gasteiger partial charge on any atom is -0.493 e. The van der Waals surface area contributed by atoms with E-state index in [0.717, 1.165) is 23.3 Å². The summed E-state index contributed by atoms with van der Waals surface area (Å²) in [5, 5.41) is 30.4. The van der Waals surface area contributed by atoms with Gasteiger partial charge in [-0.2, -0.15) is 0 Å². The standard InChI is InChI=1S/C22H18ClN5O5S/c1-12-7-9-15-20(13(12)2)24-22(29)21(15)26-25-18-10-8-14(28(30)31)11-19(18)34(32,33)27-17-6-4-3-5-16(17)23/h3-11,24,27,29H,1-2H3. The SMILES string of the molecule is Cc1ccc2c(N=Nc3ccc([N+](=O)[O-])cc3S(=O)(=O)Nc3ccccc3Cl)c(O)[nH]c2c1C. The molecule has 10 nitrogen and oxygen atoms in total. The normalized spacial score (nSPS) is 11.9. The number of fused-ring (bicyclic) bond motifs is 1. The number of nitro benzene ring substituents is 1. The van der Waals surface area contributed by atoms with E-state index in [9.17, 15) is 23.6 Å². The van der Waals surface area contributed by atoms with Crippen LogP contribution in [0.15, 0.2) is 69.7 Å². The fourth-order valence-electron chi connectivity index (χ4n) is 3.34. The molecule has 34 heavy (non-hydrogen) atoms. The Morgan fingerprint density at radius 2 is 1.82 bits per heavy atom. The summed E-state index contributed by atoms with van der Waals surface area (Å²) in [7, 11) is -4.34. The Hall–Kier alpha value is -3.96. The summed E-state index contributed by atoms with van der Waals surface area (Å²) in [4.78, 5) is 12.9. The molecule has 3 aromatic carbocycles. The first-order chi connectivity index (χ1) is 16.1. The van der Waals surface area contributed by atoms with E-state index < -0.39 is 25.5 Å². The number of aromatic nitrogens is 1. The summed E-state index contributed by atoms with van der Waals surface area (Å²) in [5.74, 6) is -0.243. The quantitative estimate of drug-likeness (QED) is 0.162. The zero-order valence-electron chi connectivity index (χ0n) is 17.9. The van der Waals surface area contributed by atoms with Crippen LogP contribution in [-0.2, 0) is 10.0 Å². The molecular weight excluding hydrogens is 482 g/mol. The number of non-ortho nitro benzene ring substituents is 1. The highest BCUT2D eigenvalue weighted by molar-refractivity contribution is 7.92. The van der Waals surface area contributed by atoms with Gasteiger partial charge in [0.15, 0.2) is 5.69 Å². The van der Waals surface area contributed by atoms with Gasteiger partial charge in [0.05, 0.1) is 21.2 Å². The number of H-pyrrole nitrogens is 1. The second-order valence-corrected chi connectivity index (χ2v) is 9.50. The monoisotopic (exact) mass is 499 g/mol. The van der Waals surface area contributed by atoms with E-state index in [2.05, 4.69) is 19.9 Å². The first kappa shape index (κ1) is 23.2. The van der Waals surface area contributed by atoms with E-state index >= 15 is 0 Å². The fraction of sp³-hybridized carbons (Fsp3) is 0.0909. The van der Waals surface area contributed by atoms with Crippen LogP contribution < -0.4 is 4.72 Å². The van der Waals surface area contributed by atoms with Crippen molar-refractivity contribution in [3.8, 4) is 5.88 Å². The Bertz CT molecular complexity index is 1580. The molecule has 4 rings (SSSR count). The van der Waals surface area contributed by atoms with Crippen molar-refractivity contribution in [3.05, 3.63) is 80.9 Å². The van der Waals surface area contributed by atoms with Gasteiger partial charge in [-0.25, -0.2) is 8.42 Å². The number of aryl methyl sites for hydroxylation is 2. The Morgan fingerprint density at radius 1 is 1.09 bits per heavy atom. The predicted octanol–water partition coefficient (Wildman–Crippen LogP) is 6.27. The van der Waals surface area contributed by atoms with E-state index in [4.69, 9.17) is 11.6 Å². The minimum absolute atomic E-state index is 0.0960. The zero-order valence-corrected chi connectivity index (χ0v) is 19.5. The van der Waals surface area contributed by atoms with Crippen LogP contribution in [0.2, 0.25) is 5.02 Å². The number of hydrogen-bond acceptors (Lipinski definition) is 7. The van der Waals surface area contributed by atoms with Crippen LogP contribution in [0, 0.1) is 24.0 Å². The molecule has 0 saturated carbocycles. The number of aromatic amines is 1. The Morgan fingerprint density at radius 3 is 2.53 bits per heavy atom. The van der Waals surface area contributed by atoms with Crippen LogP contribution in [0.3, 0.4) is 0 Å². The predicted molar refractivity (Wildman–Crippen MR) is 129 cm³/mol. The van der Waals surface area contributed by atoms with Gasteiger partial charge in [0.25, 0.3) is 15.7 Å². The molecule has 0 bridgehead atoms.